The number of aliphatic imine (C=N–C) groups is 1. The summed E-state index contributed by atoms with van der Waals surface area (Å²) in [7, 11) is 0. The summed E-state index contributed by atoms with van der Waals surface area (Å²) >= 11 is 2.84. The first-order valence-electron chi connectivity index (χ1n) is 19.3. The molecule has 15 N–H and O–H groups in total. The van der Waals surface area contributed by atoms with Crippen LogP contribution in [-0.2, 0) is 47.9 Å². The molecule has 0 spiro atoms. The average Bonchev–Trinajstić information content (AvgIpc) is 3.69. The van der Waals surface area contributed by atoms with E-state index in [4.69, 9.17) is 17.2 Å². The third kappa shape index (κ3) is 20.6. The second-order valence-electron chi connectivity index (χ2n) is 13.9. The van der Waals surface area contributed by atoms with Crippen molar-refractivity contribution in [1.82, 2.24) is 36.8 Å². The molecule has 61 heavy (non-hydrogen) atoms. The molecule has 7 amide bonds. The molecule has 1 aliphatic rings. The molecule has 1 fully saturated rings. The van der Waals surface area contributed by atoms with Crippen LogP contribution in [0.5, 0.6) is 0 Å². The van der Waals surface area contributed by atoms with E-state index in [1.54, 1.807) is 6.26 Å². The van der Waals surface area contributed by atoms with E-state index in [0.29, 0.717) is 24.3 Å². The Balaban J connectivity index is 3.05. The maximum absolute atomic E-state index is 13.7. The molecule has 1 rings (SSSR count). The number of hydrogen-bond donors (Lipinski definition) is 12. The van der Waals surface area contributed by atoms with Crippen LogP contribution in [0.2, 0.25) is 0 Å². The number of aliphatic carboxylic acids is 3. The van der Waals surface area contributed by atoms with Gasteiger partial charge < -0.3 is 69.3 Å². The molecular formula is C35H59N11O13S2. The van der Waals surface area contributed by atoms with Gasteiger partial charge in [0.2, 0.25) is 41.4 Å². The molecular weight excluding hydrogens is 847 g/mol. The van der Waals surface area contributed by atoms with Crippen LogP contribution in [0.4, 0.5) is 0 Å². The third-order valence-corrected chi connectivity index (χ3v) is 10.4. The maximum Gasteiger partial charge on any atom is 0.326 e. The molecule has 1 saturated heterocycles. The summed E-state index contributed by atoms with van der Waals surface area (Å²) in [6, 6.07) is -9.31. The van der Waals surface area contributed by atoms with E-state index in [9.17, 15) is 63.3 Å². The van der Waals surface area contributed by atoms with Crippen LogP contribution in [0.15, 0.2) is 4.99 Å². The molecule has 0 aromatic carbocycles. The summed E-state index contributed by atoms with van der Waals surface area (Å²) in [4.78, 5) is 132. The van der Waals surface area contributed by atoms with Gasteiger partial charge in [-0.3, -0.25) is 48.1 Å². The fourth-order valence-electron chi connectivity index (χ4n) is 5.82. The number of guanidine groups is 1. The molecule has 24 nitrogen and oxygen atoms in total. The number of carboxylic acid groups (broad SMARTS) is 3. The predicted octanol–water partition coefficient (Wildman–Crippen LogP) is -4.15. The third-order valence-electron chi connectivity index (χ3n) is 9.08. The van der Waals surface area contributed by atoms with Gasteiger partial charge in [-0.15, -0.1) is 0 Å². The standard InChI is InChI=1S/C35H59N11O13S2/c1-18(41-25(47)17-40-30(54)20(6-4-12-39-35(37)38)43-29(53)19(36)10-14-60-2)28(52)42-21(8-9-26(48)49)31(55)45-23(16-27(50)51)33(57)46-13-5-7-24(46)32(56)44-22(34(58)59)11-15-61-3/h18-24H,4-17,36H2,1-3H3,(H,40,54)(H,41,47)(H,42,52)(H,43,53)(H,44,56)(H,45,55)(H,48,49)(H,50,51)(H,58,59)(H4,37,38,39)/t18-,19-,20-,21-,22-,23-,24-/m0/s1. The molecule has 1 heterocycles. The Morgan fingerprint density at radius 3 is 1.93 bits per heavy atom. The predicted molar refractivity (Wildman–Crippen MR) is 224 cm³/mol. The van der Waals surface area contributed by atoms with Crippen molar-refractivity contribution in [2.24, 2.45) is 22.2 Å². The van der Waals surface area contributed by atoms with Gasteiger partial charge in [0.05, 0.1) is 19.0 Å². The summed E-state index contributed by atoms with van der Waals surface area (Å²) in [5, 5.41) is 42.6. The minimum Gasteiger partial charge on any atom is -0.481 e. The van der Waals surface area contributed by atoms with E-state index in [1.807, 2.05) is 6.26 Å². The molecule has 0 radical (unpaired) electrons. The van der Waals surface area contributed by atoms with Gasteiger partial charge in [-0.25, -0.2) is 4.79 Å². The van der Waals surface area contributed by atoms with Gasteiger partial charge in [-0.1, -0.05) is 0 Å². The summed E-state index contributed by atoms with van der Waals surface area (Å²) in [5.74, 6) is -9.47. The number of carbonyl (C=O) groups is 10. The number of carbonyl (C=O) groups excluding carboxylic acids is 7. The highest BCUT2D eigenvalue weighted by Crippen LogP contribution is 2.20. The van der Waals surface area contributed by atoms with Gasteiger partial charge in [0.25, 0.3) is 0 Å². The normalized spacial score (nSPS) is 16.3. The number of carboxylic acids is 3. The Morgan fingerprint density at radius 1 is 0.738 bits per heavy atom. The minimum absolute atomic E-state index is 0.0243. The number of nitrogens with one attached hydrogen (secondary N) is 6. The highest BCUT2D eigenvalue weighted by Gasteiger charge is 2.40. The zero-order chi connectivity index (χ0) is 46.2. The van der Waals surface area contributed by atoms with Gasteiger partial charge in [0.15, 0.2) is 5.96 Å². The summed E-state index contributed by atoms with van der Waals surface area (Å²) in [5.41, 5.74) is 16.6. The zero-order valence-corrected chi connectivity index (χ0v) is 35.9. The maximum atomic E-state index is 13.7. The Bertz CT molecular complexity index is 1600. The zero-order valence-electron chi connectivity index (χ0n) is 34.3. The van der Waals surface area contributed by atoms with Crippen molar-refractivity contribution < 1.29 is 63.3 Å². The van der Waals surface area contributed by atoms with Crippen molar-refractivity contribution in [1.29, 1.82) is 0 Å². The molecule has 1 aliphatic heterocycles. The van der Waals surface area contributed by atoms with E-state index in [1.165, 1.54) is 30.4 Å². The van der Waals surface area contributed by atoms with Crippen LogP contribution in [0.25, 0.3) is 0 Å². The van der Waals surface area contributed by atoms with E-state index in [0.717, 1.165) is 4.90 Å². The number of hydrogen-bond acceptors (Lipinski definition) is 14. The van der Waals surface area contributed by atoms with Crippen LogP contribution in [0.3, 0.4) is 0 Å². The van der Waals surface area contributed by atoms with Crippen molar-refractivity contribution in [2.45, 2.75) is 107 Å². The molecule has 0 aliphatic carbocycles. The Labute approximate surface area is 360 Å². The lowest BCUT2D eigenvalue weighted by atomic mass is 10.1. The quantitative estimate of drug-likeness (QED) is 0.0193. The molecule has 0 saturated carbocycles. The number of rotatable bonds is 29. The molecule has 0 aromatic rings. The Kier molecular flexibility index (Phi) is 24.8. The highest BCUT2D eigenvalue weighted by molar-refractivity contribution is 7.98. The fourth-order valence-corrected chi connectivity index (χ4v) is 6.78. The molecule has 344 valence electrons. The van der Waals surface area contributed by atoms with Crippen molar-refractivity contribution in [2.75, 3.05) is 43.7 Å². The molecule has 0 unspecified atom stereocenters. The van der Waals surface area contributed by atoms with Crippen molar-refractivity contribution in [3.05, 3.63) is 0 Å². The van der Waals surface area contributed by atoms with Crippen LogP contribution in [0, 0.1) is 0 Å². The van der Waals surface area contributed by atoms with Gasteiger partial charge in [0, 0.05) is 19.5 Å². The monoisotopic (exact) mass is 905 g/mol. The topological polar surface area (TPSA) is 397 Å². The average molecular weight is 906 g/mol. The van der Waals surface area contributed by atoms with Crippen molar-refractivity contribution in [3.8, 4) is 0 Å². The molecule has 0 bridgehead atoms. The number of nitrogens with zero attached hydrogens (tertiary/aromatic N) is 2. The van der Waals surface area contributed by atoms with Crippen LogP contribution < -0.4 is 49.1 Å². The van der Waals surface area contributed by atoms with Crippen molar-refractivity contribution in [3.63, 3.8) is 0 Å². The molecule has 0 aromatic heterocycles. The first kappa shape index (κ1) is 53.6. The number of likely N-dealkylation sites (tertiary alicyclic amines) is 1. The highest BCUT2D eigenvalue weighted by atomic mass is 32.2. The fraction of sp³-hybridized carbons (Fsp3) is 0.686. The van der Waals surface area contributed by atoms with Crippen LogP contribution in [-0.4, -0.2) is 171 Å². The van der Waals surface area contributed by atoms with Crippen molar-refractivity contribution >= 4 is 88.7 Å². The lowest BCUT2D eigenvalue weighted by Gasteiger charge is -2.30. The van der Waals surface area contributed by atoms with E-state index in [2.05, 4.69) is 36.9 Å². The van der Waals surface area contributed by atoms with E-state index >= 15 is 0 Å². The van der Waals surface area contributed by atoms with E-state index in [-0.39, 0.29) is 44.7 Å². The Morgan fingerprint density at radius 2 is 1.34 bits per heavy atom. The van der Waals surface area contributed by atoms with E-state index < -0.39 is 127 Å². The molecule has 7 atom stereocenters. The SMILES string of the molecule is CSCC[C@H](NC(=O)[C@@H]1CCCN1C(=O)[C@H](CC(=O)O)NC(=O)[C@H](CCC(=O)O)NC(=O)[C@H](C)NC(=O)CNC(=O)[C@H](CCCN=C(N)N)NC(=O)[C@@H](N)CCSC)C(=O)O. The first-order valence-corrected chi connectivity index (χ1v) is 22.0. The number of amides is 7. The Hall–Kier alpha value is -5.37. The van der Waals surface area contributed by atoms with Crippen LogP contribution in [0.1, 0.15) is 64.7 Å². The lowest BCUT2D eigenvalue weighted by Crippen LogP contribution is -2.59. The van der Waals surface area contributed by atoms with Gasteiger partial charge in [-0.05, 0) is 75.9 Å². The number of nitrogens with two attached hydrogens (primary N) is 3. The van der Waals surface area contributed by atoms with Gasteiger partial charge in [-0.2, -0.15) is 23.5 Å². The van der Waals surface area contributed by atoms with Crippen LogP contribution >= 0.6 is 23.5 Å². The largest absolute Gasteiger partial charge is 0.481 e. The van der Waals surface area contributed by atoms with Gasteiger partial charge >= 0.3 is 17.9 Å². The summed E-state index contributed by atoms with van der Waals surface area (Å²) in [6.07, 6.45) is 2.64. The second-order valence-corrected chi connectivity index (χ2v) is 15.9. The lowest BCUT2D eigenvalue weighted by molar-refractivity contribution is -0.147. The second kappa shape index (κ2) is 28.2. The van der Waals surface area contributed by atoms with Gasteiger partial charge in [0.1, 0.15) is 36.3 Å². The minimum atomic E-state index is -1.79. The molecule has 26 heteroatoms. The summed E-state index contributed by atoms with van der Waals surface area (Å²) in [6.45, 7) is 0.669. The number of thioether (sulfide) groups is 2. The summed E-state index contributed by atoms with van der Waals surface area (Å²) < 4.78 is 0. The first-order chi connectivity index (χ1) is 28.7. The smallest absolute Gasteiger partial charge is 0.326 e.